The second-order valence-corrected chi connectivity index (χ2v) is 3.62. The quantitative estimate of drug-likeness (QED) is 0.487. The molecular formula is C8H17NS. The minimum absolute atomic E-state index is 0.801. The number of hydrogen-bond acceptors (Lipinski definition) is 2. The van der Waals surface area contributed by atoms with Gasteiger partial charge in [-0.05, 0) is 12.8 Å². The van der Waals surface area contributed by atoms with E-state index in [-0.39, 0.29) is 0 Å². The second-order valence-electron chi connectivity index (χ2n) is 3.10. The van der Waals surface area contributed by atoms with Crippen LogP contribution in [0.4, 0.5) is 0 Å². The molecule has 1 nitrogen and oxygen atoms in total. The zero-order valence-electron chi connectivity index (χ0n) is 6.71. The first-order chi connectivity index (χ1) is 4.84. The first kappa shape index (κ1) is 8.41. The third kappa shape index (κ3) is 2.17. The van der Waals surface area contributed by atoms with Gasteiger partial charge in [0.15, 0.2) is 0 Å². The minimum Gasteiger partial charge on any atom is -0.250 e. The van der Waals surface area contributed by atoms with Crippen molar-refractivity contribution in [2.45, 2.75) is 45.1 Å². The Morgan fingerprint density at radius 1 is 1.50 bits per heavy atom. The van der Waals surface area contributed by atoms with Crippen molar-refractivity contribution in [1.29, 1.82) is 0 Å². The summed E-state index contributed by atoms with van der Waals surface area (Å²) in [5, 5.41) is 0. The minimum atomic E-state index is 0.801. The summed E-state index contributed by atoms with van der Waals surface area (Å²) in [7, 11) is 0. The van der Waals surface area contributed by atoms with Crippen molar-refractivity contribution in [1.82, 2.24) is 4.31 Å². The molecule has 1 aliphatic rings. The molecule has 0 bridgehead atoms. The Balaban J connectivity index is 1.92. The summed E-state index contributed by atoms with van der Waals surface area (Å²) in [5.41, 5.74) is 0. The van der Waals surface area contributed by atoms with Gasteiger partial charge in [0, 0.05) is 12.6 Å². The highest BCUT2D eigenvalue weighted by molar-refractivity contribution is 7.77. The molecule has 1 fully saturated rings. The summed E-state index contributed by atoms with van der Waals surface area (Å²) in [6, 6.07) is 0.801. The van der Waals surface area contributed by atoms with Crippen molar-refractivity contribution >= 4 is 12.8 Å². The van der Waals surface area contributed by atoms with Crippen molar-refractivity contribution in [3.8, 4) is 0 Å². The van der Waals surface area contributed by atoms with E-state index >= 15 is 0 Å². The molecule has 0 aromatic rings. The maximum Gasteiger partial charge on any atom is 0.0212 e. The summed E-state index contributed by atoms with van der Waals surface area (Å²) in [5.74, 6) is 0. The fourth-order valence-electron chi connectivity index (χ4n) is 1.35. The molecule has 0 radical (unpaired) electrons. The maximum atomic E-state index is 4.32. The summed E-state index contributed by atoms with van der Waals surface area (Å²) >= 11 is 4.32. The van der Waals surface area contributed by atoms with E-state index in [9.17, 15) is 0 Å². The monoisotopic (exact) mass is 159 g/mol. The van der Waals surface area contributed by atoms with Gasteiger partial charge in [0.1, 0.15) is 0 Å². The van der Waals surface area contributed by atoms with Gasteiger partial charge >= 0.3 is 0 Å². The average molecular weight is 159 g/mol. The lowest BCUT2D eigenvalue weighted by molar-refractivity contribution is 0.207. The van der Waals surface area contributed by atoms with Gasteiger partial charge in [-0.25, -0.2) is 0 Å². The van der Waals surface area contributed by atoms with Crippen LogP contribution in [0, 0.1) is 0 Å². The Hall–Kier alpha value is 0.310. The van der Waals surface area contributed by atoms with Crippen LogP contribution < -0.4 is 0 Å². The van der Waals surface area contributed by atoms with Crippen molar-refractivity contribution in [3.63, 3.8) is 0 Å². The summed E-state index contributed by atoms with van der Waals surface area (Å²) < 4.78 is 2.16. The molecule has 0 amide bonds. The third-order valence-corrected chi connectivity index (χ3v) is 2.78. The lowest BCUT2D eigenvalue weighted by Gasteiger charge is -2.36. The van der Waals surface area contributed by atoms with E-state index in [1.54, 1.807) is 0 Å². The van der Waals surface area contributed by atoms with Gasteiger partial charge in [-0.2, -0.15) is 0 Å². The largest absolute Gasteiger partial charge is 0.250 e. The molecule has 2 heteroatoms. The molecule has 1 aliphatic heterocycles. The van der Waals surface area contributed by atoms with Crippen LogP contribution in [0.15, 0.2) is 0 Å². The van der Waals surface area contributed by atoms with Crippen LogP contribution in [0.1, 0.15) is 39.0 Å². The Kier molecular flexibility index (Phi) is 3.57. The van der Waals surface area contributed by atoms with Gasteiger partial charge in [-0.15, -0.1) is 0 Å². The Morgan fingerprint density at radius 3 is 2.70 bits per heavy atom. The third-order valence-electron chi connectivity index (χ3n) is 2.25. The first-order valence-electron chi connectivity index (χ1n) is 4.30. The van der Waals surface area contributed by atoms with E-state index in [0.717, 1.165) is 6.04 Å². The Morgan fingerprint density at radius 2 is 2.30 bits per heavy atom. The van der Waals surface area contributed by atoms with Crippen LogP contribution >= 0.6 is 12.8 Å². The molecular weight excluding hydrogens is 142 g/mol. The lowest BCUT2D eigenvalue weighted by Crippen LogP contribution is -2.40. The predicted molar refractivity (Wildman–Crippen MR) is 48.2 cm³/mol. The van der Waals surface area contributed by atoms with Crippen LogP contribution in [-0.4, -0.2) is 16.9 Å². The van der Waals surface area contributed by atoms with Gasteiger partial charge in [0.2, 0.25) is 0 Å². The van der Waals surface area contributed by atoms with Crippen LogP contribution in [0.5, 0.6) is 0 Å². The van der Waals surface area contributed by atoms with E-state index < -0.39 is 0 Å². The van der Waals surface area contributed by atoms with Crippen LogP contribution in [0.3, 0.4) is 0 Å². The topological polar surface area (TPSA) is 3.24 Å². The maximum absolute atomic E-state index is 4.32. The summed E-state index contributed by atoms with van der Waals surface area (Å²) in [6.07, 6.45) is 6.83. The molecule has 0 N–H and O–H groups in total. The Bertz CT molecular complexity index is 95.3. The van der Waals surface area contributed by atoms with Crippen LogP contribution in [0.25, 0.3) is 0 Å². The molecule has 0 aliphatic carbocycles. The van der Waals surface area contributed by atoms with Crippen molar-refractivity contribution < 1.29 is 0 Å². The summed E-state index contributed by atoms with van der Waals surface area (Å²) in [4.78, 5) is 0. The molecule has 0 saturated carbocycles. The van der Waals surface area contributed by atoms with Gasteiger partial charge in [-0.1, -0.05) is 39.0 Å². The molecule has 1 saturated heterocycles. The lowest BCUT2D eigenvalue weighted by atomic mass is 10.0. The van der Waals surface area contributed by atoms with Gasteiger partial charge < -0.3 is 0 Å². The number of rotatable bonds is 4. The second kappa shape index (κ2) is 4.24. The molecule has 1 rings (SSSR count). The van der Waals surface area contributed by atoms with Crippen molar-refractivity contribution in [3.05, 3.63) is 0 Å². The van der Waals surface area contributed by atoms with Gasteiger partial charge in [0.25, 0.3) is 0 Å². The van der Waals surface area contributed by atoms with Crippen LogP contribution in [-0.2, 0) is 0 Å². The molecule has 1 atom stereocenters. The zero-order chi connectivity index (χ0) is 7.40. The number of thiol groups is 1. The highest BCUT2D eigenvalue weighted by atomic mass is 32.1. The molecule has 60 valence electrons. The molecule has 1 heterocycles. The Labute approximate surface area is 69.3 Å². The number of unbranched alkanes of at least 4 members (excludes halogenated alkanes) is 2. The fourth-order valence-corrected chi connectivity index (χ4v) is 1.70. The standard InChI is InChI=1S/C8H17NS/c1-2-3-4-5-8-6-7-9(8)10/h8,10H,2-7H2,1H3. The van der Waals surface area contributed by atoms with E-state index in [1.807, 2.05) is 0 Å². The van der Waals surface area contributed by atoms with E-state index in [2.05, 4.69) is 24.0 Å². The smallest absolute Gasteiger partial charge is 0.0212 e. The molecule has 0 spiro atoms. The van der Waals surface area contributed by atoms with Crippen LogP contribution in [0.2, 0.25) is 0 Å². The molecule has 0 aromatic carbocycles. The van der Waals surface area contributed by atoms with Gasteiger partial charge in [0.05, 0.1) is 0 Å². The van der Waals surface area contributed by atoms with Crippen molar-refractivity contribution in [2.75, 3.05) is 6.54 Å². The first-order valence-corrected chi connectivity index (χ1v) is 4.70. The number of nitrogens with zero attached hydrogens (tertiary/aromatic N) is 1. The number of hydrogen-bond donors (Lipinski definition) is 1. The molecule has 0 aromatic heterocycles. The summed E-state index contributed by atoms with van der Waals surface area (Å²) in [6.45, 7) is 3.44. The van der Waals surface area contributed by atoms with E-state index in [0.29, 0.717) is 0 Å². The molecule has 10 heavy (non-hydrogen) atoms. The van der Waals surface area contributed by atoms with E-state index in [1.165, 1.54) is 38.6 Å². The predicted octanol–water partition coefficient (Wildman–Crippen LogP) is 2.49. The average Bonchev–Trinajstić information content (AvgIpc) is 1.95. The SMILES string of the molecule is CCCCCC1CCN1S. The highest BCUT2D eigenvalue weighted by Gasteiger charge is 2.23. The van der Waals surface area contributed by atoms with Gasteiger partial charge in [-0.3, -0.25) is 4.31 Å². The fraction of sp³-hybridized carbons (Fsp3) is 1.00. The normalized spacial score (nSPS) is 26.4. The highest BCUT2D eigenvalue weighted by Crippen LogP contribution is 2.23. The van der Waals surface area contributed by atoms with E-state index in [4.69, 9.17) is 0 Å². The molecule has 1 unspecified atom stereocenters. The zero-order valence-corrected chi connectivity index (χ0v) is 7.61. The van der Waals surface area contributed by atoms with Crippen molar-refractivity contribution in [2.24, 2.45) is 0 Å².